The summed E-state index contributed by atoms with van der Waals surface area (Å²) >= 11 is 0. The molecule has 0 aliphatic carbocycles. The molecule has 0 fully saturated rings. The molecule has 1 heterocycles. The fraction of sp³-hybridized carbons (Fsp3) is 0.368. The highest BCUT2D eigenvalue weighted by molar-refractivity contribution is 5.56. The van der Waals surface area contributed by atoms with Crippen molar-refractivity contribution in [1.29, 1.82) is 5.26 Å². The Labute approximate surface area is 147 Å². The number of aromatic nitrogens is 1. The van der Waals surface area contributed by atoms with Crippen molar-refractivity contribution in [2.45, 2.75) is 40.7 Å². The predicted molar refractivity (Wildman–Crippen MR) is 96.7 cm³/mol. The summed E-state index contributed by atoms with van der Waals surface area (Å²) in [7, 11) is 0. The van der Waals surface area contributed by atoms with Gasteiger partial charge in [-0.15, -0.1) is 5.11 Å². The Hall–Kier alpha value is -2.94. The van der Waals surface area contributed by atoms with Crippen LogP contribution >= 0.6 is 0 Å². The Morgan fingerprint density at radius 3 is 2.40 bits per heavy atom. The van der Waals surface area contributed by atoms with E-state index < -0.39 is 5.56 Å². The van der Waals surface area contributed by atoms with Crippen LogP contribution in [0, 0.1) is 24.2 Å². The van der Waals surface area contributed by atoms with Crippen LogP contribution < -0.4 is 5.56 Å². The lowest BCUT2D eigenvalue weighted by atomic mass is 10.1. The average Bonchev–Trinajstić information content (AvgIpc) is 2.59. The molecule has 25 heavy (non-hydrogen) atoms. The van der Waals surface area contributed by atoms with Gasteiger partial charge in [-0.05, 0) is 37.0 Å². The fourth-order valence-electron chi connectivity index (χ4n) is 2.50. The van der Waals surface area contributed by atoms with Gasteiger partial charge in [0.05, 0.1) is 5.69 Å². The molecule has 130 valence electrons. The van der Waals surface area contributed by atoms with Crippen molar-refractivity contribution in [3.63, 3.8) is 0 Å². The first-order valence-corrected chi connectivity index (χ1v) is 8.26. The molecule has 0 spiro atoms. The van der Waals surface area contributed by atoms with Gasteiger partial charge < -0.3 is 5.11 Å². The second-order valence-corrected chi connectivity index (χ2v) is 6.31. The monoisotopic (exact) mass is 338 g/mol. The molecule has 6 nitrogen and oxygen atoms in total. The second-order valence-electron chi connectivity index (χ2n) is 6.31. The van der Waals surface area contributed by atoms with Crippen molar-refractivity contribution >= 4 is 11.4 Å². The first kappa shape index (κ1) is 18.4. The molecule has 1 N–H and O–H groups in total. The van der Waals surface area contributed by atoms with Gasteiger partial charge in [-0.3, -0.25) is 9.36 Å². The van der Waals surface area contributed by atoms with Crippen molar-refractivity contribution < 1.29 is 5.11 Å². The Morgan fingerprint density at radius 2 is 1.88 bits per heavy atom. The molecule has 6 heteroatoms. The molecule has 0 atom stereocenters. The number of hydrogen-bond acceptors (Lipinski definition) is 5. The molecule has 0 amide bonds. The van der Waals surface area contributed by atoms with E-state index in [-0.39, 0.29) is 23.0 Å². The number of aromatic hydroxyl groups is 1. The largest absolute Gasteiger partial charge is 0.493 e. The number of azo groups is 1. The molecular weight excluding hydrogens is 316 g/mol. The summed E-state index contributed by atoms with van der Waals surface area (Å²) in [6.07, 6.45) is 0.930. The minimum absolute atomic E-state index is 0.0514. The molecule has 0 aliphatic rings. The molecule has 1 aromatic carbocycles. The average molecular weight is 338 g/mol. The van der Waals surface area contributed by atoms with Gasteiger partial charge in [-0.25, -0.2) is 0 Å². The van der Waals surface area contributed by atoms with E-state index in [1.807, 2.05) is 44.2 Å². The molecule has 0 saturated carbocycles. The van der Waals surface area contributed by atoms with Crippen LogP contribution in [0.1, 0.15) is 37.5 Å². The highest BCUT2D eigenvalue weighted by atomic mass is 16.3. The van der Waals surface area contributed by atoms with Crippen molar-refractivity contribution in [3.05, 3.63) is 51.3 Å². The van der Waals surface area contributed by atoms with Gasteiger partial charge in [-0.2, -0.15) is 10.4 Å². The number of benzene rings is 1. The number of aryl methyl sites for hydroxylation is 1. The van der Waals surface area contributed by atoms with Crippen LogP contribution in [0.15, 0.2) is 39.3 Å². The van der Waals surface area contributed by atoms with Crippen LogP contribution in [-0.4, -0.2) is 9.67 Å². The minimum atomic E-state index is -0.448. The topological polar surface area (TPSA) is 90.7 Å². The summed E-state index contributed by atoms with van der Waals surface area (Å²) in [6, 6.07) is 9.51. The van der Waals surface area contributed by atoms with Gasteiger partial charge in [0.1, 0.15) is 11.6 Å². The molecule has 0 radical (unpaired) electrons. The Kier molecular flexibility index (Phi) is 5.71. The number of pyridine rings is 1. The summed E-state index contributed by atoms with van der Waals surface area (Å²) < 4.78 is 1.19. The van der Waals surface area contributed by atoms with Gasteiger partial charge in [0, 0.05) is 12.1 Å². The molecule has 0 aliphatic heterocycles. The van der Waals surface area contributed by atoms with E-state index in [0.29, 0.717) is 17.8 Å². The van der Waals surface area contributed by atoms with Gasteiger partial charge in [0.15, 0.2) is 5.69 Å². The fourth-order valence-corrected chi connectivity index (χ4v) is 2.50. The smallest absolute Gasteiger partial charge is 0.281 e. The van der Waals surface area contributed by atoms with Crippen molar-refractivity contribution in [1.82, 2.24) is 4.57 Å². The lowest BCUT2D eigenvalue weighted by Gasteiger charge is -2.14. The van der Waals surface area contributed by atoms with Crippen molar-refractivity contribution in [2.24, 2.45) is 16.1 Å². The molecule has 0 saturated heterocycles. The van der Waals surface area contributed by atoms with Crippen LogP contribution in [0.5, 0.6) is 5.88 Å². The number of nitriles is 1. The van der Waals surface area contributed by atoms with Gasteiger partial charge in [0.2, 0.25) is 5.88 Å². The standard InChI is InChI=1S/C19H22N4O2/c1-5-14-6-8-15(9-7-14)21-22-17-13(4)16(10-20)18(24)23(19(17)25)11-12(2)3/h6-9,12,24H,5,11H2,1-4H3. The third kappa shape index (κ3) is 3.94. The molecule has 2 rings (SSSR count). The van der Waals surface area contributed by atoms with E-state index in [2.05, 4.69) is 17.2 Å². The maximum absolute atomic E-state index is 12.7. The van der Waals surface area contributed by atoms with Crippen LogP contribution in [0.4, 0.5) is 11.4 Å². The second kappa shape index (κ2) is 7.75. The zero-order valence-corrected chi connectivity index (χ0v) is 14.9. The number of nitrogens with zero attached hydrogens (tertiary/aromatic N) is 4. The Bertz CT molecular complexity index is 888. The van der Waals surface area contributed by atoms with Crippen LogP contribution in [-0.2, 0) is 13.0 Å². The highest BCUT2D eigenvalue weighted by Gasteiger charge is 2.19. The maximum Gasteiger partial charge on any atom is 0.281 e. The molecule has 0 bridgehead atoms. The summed E-state index contributed by atoms with van der Waals surface area (Å²) in [6.45, 7) is 7.81. The molecular formula is C19H22N4O2. The van der Waals surface area contributed by atoms with Crippen LogP contribution in [0.3, 0.4) is 0 Å². The summed E-state index contributed by atoms with van der Waals surface area (Å²) in [4.78, 5) is 12.7. The summed E-state index contributed by atoms with van der Waals surface area (Å²) in [5, 5.41) is 27.8. The third-order valence-corrected chi connectivity index (χ3v) is 3.93. The van der Waals surface area contributed by atoms with E-state index in [0.717, 1.165) is 6.42 Å². The maximum atomic E-state index is 12.7. The molecule has 2 aromatic rings. The van der Waals surface area contributed by atoms with Crippen molar-refractivity contribution in [3.8, 4) is 11.9 Å². The van der Waals surface area contributed by atoms with Gasteiger partial charge in [0.25, 0.3) is 5.56 Å². The summed E-state index contributed by atoms with van der Waals surface area (Å²) in [5.74, 6) is -0.186. The molecule has 1 aromatic heterocycles. The first-order valence-electron chi connectivity index (χ1n) is 8.26. The van der Waals surface area contributed by atoms with E-state index >= 15 is 0 Å². The van der Waals surface area contributed by atoms with Gasteiger partial charge in [-0.1, -0.05) is 32.9 Å². The normalized spacial score (nSPS) is 11.2. The highest BCUT2D eigenvalue weighted by Crippen LogP contribution is 2.27. The van der Waals surface area contributed by atoms with E-state index in [1.54, 1.807) is 6.92 Å². The number of rotatable bonds is 5. The predicted octanol–water partition coefficient (Wildman–Crippen LogP) is 4.37. The minimum Gasteiger partial charge on any atom is -0.493 e. The quantitative estimate of drug-likeness (QED) is 0.821. The van der Waals surface area contributed by atoms with E-state index in [1.165, 1.54) is 10.1 Å². The SMILES string of the molecule is CCc1ccc(N=Nc2c(C)c(C#N)c(O)n(CC(C)C)c2=O)cc1. The number of hydrogen-bond donors (Lipinski definition) is 1. The lowest BCUT2D eigenvalue weighted by Crippen LogP contribution is -2.24. The Morgan fingerprint density at radius 1 is 1.24 bits per heavy atom. The first-order chi connectivity index (χ1) is 11.9. The van der Waals surface area contributed by atoms with Crippen LogP contribution in [0.2, 0.25) is 0 Å². The summed E-state index contributed by atoms with van der Waals surface area (Å²) in [5.41, 5.74) is 1.82. The Balaban J connectivity index is 2.54. The zero-order chi connectivity index (χ0) is 18.6. The van der Waals surface area contributed by atoms with Crippen LogP contribution in [0.25, 0.3) is 0 Å². The van der Waals surface area contributed by atoms with E-state index in [9.17, 15) is 15.2 Å². The van der Waals surface area contributed by atoms with Crippen molar-refractivity contribution in [2.75, 3.05) is 0 Å². The molecule has 0 unspecified atom stereocenters. The van der Waals surface area contributed by atoms with E-state index in [4.69, 9.17) is 0 Å². The third-order valence-electron chi connectivity index (χ3n) is 3.93. The zero-order valence-electron chi connectivity index (χ0n) is 14.9. The van der Waals surface area contributed by atoms with Gasteiger partial charge >= 0.3 is 0 Å². The lowest BCUT2D eigenvalue weighted by molar-refractivity contribution is 0.381.